The average Bonchev–Trinajstić information content (AvgIpc) is 2.97. The number of furan rings is 1. The monoisotopic (exact) mass is 388 g/mol. The minimum absolute atomic E-state index is 0.0825. The standard InChI is InChI=1S/C20H24N2O6/c1-5-27-14-8-6-13(10-15(14)26-4)7-9-16(24)22-20-18(19(21)25)17(11(2)23)12(3)28-20/h6,8,10H,5,7,9H2,1-4H3,(H2,21,25)(H,22,24). The second-order valence-corrected chi connectivity index (χ2v) is 6.12. The molecule has 0 aliphatic heterocycles. The van der Waals surface area contributed by atoms with E-state index in [1.807, 2.05) is 13.0 Å². The number of aryl methyl sites for hydroxylation is 2. The zero-order valence-electron chi connectivity index (χ0n) is 16.4. The minimum Gasteiger partial charge on any atom is -0.493 e. The molecule has 2 aromatic rings. The molecule has 0 unspecified atom stereocenters. The molecule has 0 saturated carbocycles. The Morgan fingerprint density at radius 1 is 1.18 bits per heavy atom. The van der Waals surface area contributed by atoms with E-state index in [2.05, 4.69) is 5.32 Å². The van der Waals surface area contributed by atoms with Crippen LogP contribution in [0, 0.1) is 6.92 Å². The molecule has 0 aliphatic carbocycles. The fraction of sp³-hybridized carbons (Fsp3) is 0.350. The van der Waals surface area contributed by atoms with E-state index in [4.69, 9.17) is 19.6 Å². The van der Waals surface area contributed by atoms with E-state index in [-0.39, 0.29) is 40.9 Å². The number of carbonyl (C=O) groups is 3. The summed E-state index contributed by atoms with van der Waals surface area (Å²) in [5.41, 5.74) is 6.20. The van der Waals surface area contributed by atoms with Gasteiger partial charge in [0.1, 0.15) is 11.3 Å². The first-order chi connectivity index (χ1) is 13.3. The summed E-state index contributed by atoms with van der Waals surface area (Å²) in [6, 6.07) is 5.44. The Bertz CT molecular complexity index is 900. The van der Waals surface area contributed by atoms with Crippen LogP contribution in [0.4, 0.5) is 5.88 Å². The lowest BCUT2D eigenvalue weighted by molar-refractivity contribution is -0.116. The highest BCUT2D eigenvalue weighted by atomic mass is 16.5. The SMILES string of the molecule is CCOc1ccc(CCC(=O)Nc2oc(C)c(C(C)=O)c2C(N)=O)cc1OC. The summed E-state index contributed by atoms with van der Waals surface area (Å²) in [5, 5.41) is 2.52. The van der Waals surface area contributed by atoms with E-state index in [0.29, 0.717) is 24.5 Å². The van der Waals surface area contributed by atoms with Crippen LogP contribution in [0.25, 0.3) is 0 Å². The zero-order chi connectivity index (χ0) is 20.8. The fourth-order valence-electron chi connectivity index (χ4n) is 2.88. The summed E-state index contributed by atoms with van der Waals surface area (Å²) < 4.78 is 16.1. The first kappa shape index (κ1) is 21.0. The molecule has 2 amide bonds. The van der Waals surface area contributed by atoms with Gasteiger partial charge in [0.15, 0.2) is 17.3 Å². The maximum absolute atomic E-state index is 12.3. The molecule has 0 saturated heterocycles. The van der Waals surface area contributed by atoms with Crippen LogP contribution < -0.4 is 20.5 Å². The molecule has 0 aliphatic rings. The number of primary amides is 1. The van der Waals surface area contributed by atoms with Crippen LogP contribution in [0.5, 0.6) is 11.5 Å². The van der Waals surface area contributed by atoms with Crippen molar-refractivity contribution in [2.45, 2.75) is 33.6 Å². The number of methoxy groups -OCH3 is 1. The highest BCUT2D eigenvalue weighted by Gasteiger charge is 2.26. The van der Waals surface area contributed by atoms with Crippen molar-refractivity contribution in [3.8, 4) is 11.5 Å². The second kappa shape index (κ2) is 9.07. The number of nitrogens with two attached hydrogens (primary N) is 1. The Balaban J connectivity index is 2.10. The van der Waals surface area contributed by atoms with Gasteiger partial charge in [0.2, 0.25) is 11.8 Å². The van der Waals surface area contributed by atoms with Crippen LogP contribution in [-0.2, 0) is 11.2 Å². The molecule has 28 heavy (non-hydrogen) atoms. The lowest BCUT2D eigenvalue weighted by atomic mass is 10.1. The van der Waals surface area contributed by atoms with E-state index >= 15 is 0 Å². The Hall–Kier alpha value is -3.29. The third kappa shape index (κ3) is 4.70. The number of ether oxygens (including phenoxy) is 2. The first-order valence-electron chi connectivity index (χ1n) is 8.82. The molecule has 1 heterocycles. The predicted octanol–water partition coefficient (Wildman–Crippen LogP) is 2.87. The smallest absolute Gasteiger partial charge is 0.255 e. The van der Waals surface area contributed by atoms with Crippen molar-refractivity contribution in [3.63, 3.8) is 0 Å². The Labute approximate surface area is 163 Å². The zero-order valence-corrected chi connectivity index (χ0v) is 16.4. The summed E-state index contributed by atoms with van der Waals surface area (Å²) in [6.07, 6.45) is 0.560. The van der Waals surface area contributed by atoms with Gasteiger partial charge in [0, 0.05) is 6.42 Å². The van der Waals surface area contributed by atoms with Crippen molar-refractivity contribution < 1.29 is 28.3 Å². The molecule has 0 spiro atoms. The van der Waals surface area contributed by atoms with Crippen molar-refractivity contribution in [1.29, 1.82) is 0 Å². The van der Waals surface area contributed by atoms with Crippen LogP contribution in [-0.4, -0.2) is 31.3 Å². The van der Waals surface area contributed by atoms with Crippen LogP contribution in [0.3, 0.4) is 0 Å². The van der Waals surface area contributed by atoms with Gasteiger partial charge in [-0.15, -0.1) is 0 Å². The van der Waals surface area contributed by atoms with E-state index in [1.54, 1.807) is 19.2 Å². The van der Waals surface area contributed by atoms with Crippen LogP contribution >= 0.6 is 0 Å². The minimum atomic E-state index is -0.839. The number of benzene rings is 1. The Morgan fingerprint density at radius 3 is 2.46 bits per heavy atom. The van der Waals surface area contributed by atoms with Crippen LogP contribution in [0.15, 0.2) is 22.6 Å². The number of rotatable bonds is 9. The molecular weight excluding hydrogens is 364 g/mol. The number of hydrogen-bond acceptors (Lipinski definition) is 6. The van der Waals surface area contributed by atoms with Crippen LogP contribution in [0.2, 0.25) is 0 Å². The predicted molar refractivity (Wildman–Crippen MR) is 103 cm³/mol. The van der Waals surface area contributed by atoms with Gasteiger partial charge in [-0.25, -0.2) is 0 Å². The summed E-state index contributed by atoms with van der Waals surface area (Å²) in [5.74, 6) is -0.238. The number of anilines is 1. The molecule has 8 nitrogen and oxygen atoms in total. The van der Waals surface area contributed by atoms with E-state index in [9.17, 15) is 14.4 Å². The number of amides is 2. The van der Waals surface area contributed by atoms with Gasteiger partial charge < -0.3 is 19.6 Å². The molecular formula is C20H24N2O6. The number of ketones is 1. The van der Waals surface area contributed by atoms with Crippen molar-refractivity contribution in [1.82, 2.24) is 0 Å². The van der Waals surface area contributed by atoms with E-state index < -0.39 is 5.91 Å². The lowest BCUT2D eigenvalue weighted by Crippen LogP contribution is -2.19. The first-order valence-corrected chi connectivity index (χ1v) is 8.82. The molecule has 0 bridgehead atoms. The van der Waals surface area contributed by atoms with Gasteiger partial charge in [0.05, 0.1) is 19.3 Å². The quantitative estimate of drug-likeness (QED) is 0.637. The third-order valence-corrected chi connectivity index (χ3v) is 4.10. The molecule has 8 heteroatoms. The summed E-state index contributed by atoms with van der Waals surface area (Å²) in [4.78, 5) is 35.8. The normalized spacial score (nSPS) is 10.4. The highest BCUT2D eigenvalue weighted by molar-refractivity contribution is 6.11. The Kier molecular flexibility index (Phi) is 6.81. The lowest BCUT2D eigenvalue weighted by Gasteiger charge is -2.11. The largest absolute Gasteiger partial charge is 0.493 e. The molecule has 1 aromatic heterocycles. The molecule has 0 radical (unpaired) electrons. The number of nitrogens with one attached hydrogen (secondary N) is 1. The third-order valence-electron chi connectivity index (χ3n) is 4.10. The van der Waals surface area contributed by atoms with E-state index in [1.165, 1.54) is 13.8 Å². The summed E-state index contributed by atoms with van der Waals surface area (Å²) in [6.45, 7) is 5.23. The second-order valence-electron chi connectivity index (χ2n) is 6.12. The summed E-state index contributed by atoms with van der Waals surface area (Å²) in [7, 11) is 1.55. The highest BCUT2D eigenvalue weighted by Crippen LogP contribution is 2.29. The number of carbonyl (C=O) groups excluding carboxylic acids is 3. The molecule has 0 fully saturated rings. The summed E-state index contributed by atoms with van der Waals surface area (Å²) >= 11 is 0. The fourth-order valence-corrected chi connectivity index (χ4v) is 2.88. The van der Waals surface area contributed by atoms with E-state index in [0.717, 1.165) is 5.56 Å². The number of hydrogen-bond donors (Lipinski definition) is 2. The van der Waals surface area contributed by atoms with Gasteiger partial charge >= 0.3 is 0 Å². The van der Waals surface area contributed by atoms with Crippen molar-refractivity contribution in [2.24, 2.45) is 5.73 Å². The topological polar surface area (TPSA) is 121 Å². The van der Waals surface area contributed by atoms with Gasteiger partial charge in [-0.1, -0.05) is 6.07 Å². The van der Waals surface area contributed by atoms with Crippen molar-refractivity contribution in [3.05, 3.63) is 40.6 Å². The molecule has 1 aromatic carbocycles. The number of Topliss-reactive ketones (excluding diaryl/α,β-unsaturated/α-hetero) is 1. The van der Waals surface area contributed by atoms with Gasteiger partial charge in [0.25, 0.3) is 5.91 Å². The Morgan fingerprint density at radius 2 is 1.89 bits per heavy atom. The molecule has 0 atom stereocenters. The maximum Gasteiger partial charge on any atom is 0.255 e. The maximum atomic E-state index is 12.3. The average molecular weight is 388 g/mol. The molecule has 150 valence electrons. The van der Waals surface area contributed by atoms with Crippen molar-refractivity contribution >= 4 is 23.5 Å². The van der Waals surface area contributed by atoms with Gasteiger partial charge in [-0.2, -0.15) is 0 Å². The van der Waals surface area contributed by atoms with Gasteiger partial charge in [-0.3, -0.25) is 19.7 Å². The molecule has 2 rings (SSSR count). The van der Waals surface area contributed by atoms with Crippen LogP contribution in [0.1, 0.15) is 52.3 Å². The van der Waals surface area contributed by atoms with Crippen molar-refractivity contribution in [2.75, 3.05) is 19.0 Å². The van der Waals surface area contributed by atoms with Gasteiger partial charge in [-0.05, 0) is 44.9 Å². The molecule has 3 N–H and O–H groups in total.